The van der Waals surface area contributed by atoms with E-state index in [1.807, 2.05) is 45.2 Å². The van der Waals surface area contributed by atoms with Gasteiger partial charge in [0.25, 0.3) is 0 Å². The summed E-state index contributed by atoms with van der Waals surface area (Å²) in [4.78, 5) is 3.55. The quantitative estimate of drug-likeness (QED) is 0.270. The van der Waals surface area contributed by atoms with Gasteiger partial charge in [-0.15, -0.1) is 11.6 Å². The van der Waals surface area contributed by atoms with Crippen molar-refractivity contribution in [2.45, 2.75) is 38.5 Å². The zero-order valence-corrected chi connectivity index (χ0v) is 21.3. The molecule has 0 radical (unpaired) electrons. The Balaban J connectivity index is 0.00000158. The van der Waals surface area contributed by atoms with Crippen LogP contribution in [0.15, 0.2) is 101 Å². The van der Waals surface area contributed by atoms with Crippen LogP contribution in [0.1, 0.15) is 44.7 Å². The Labute approximate surface area is 207 Å². The summed E-state index contributed by atoms with van der Waals surface area (Å²) in [7, 11) is 3.71. The molecule has 0 saturated heterocycles. The number of amidine groups is 1. The van der Waals surface area contributed by atoms with Gasteiger partial charge in [0.2, 0.25) is 0 Å². The van der Waals surface area contributed by atoms with Gasteiger partial charge in [0.15, 0.2) is 0 Å². The third-order valence-electron chi connectivity index (χ3n) is 5.88. The zero-order valence-electron chi connectivity index (χ0n) is 20.5. The van der Waals surface area contributed by atoms with E-state index < -0.39 is 4.87 Å². The highest BCUT2D eigenvalue weighted by Crippen LogP contribution is 2.43. The SMILES string of the molecule is CC.CN=C(NC1=CC=C(F)C(C)(Cl)C1)C1=C(NC)CC(c2ccccc2)=C1c1ccccc1. The third-order valence-corrected chi connectivity index (χ3v) is 6.20. The lowest BCUT2D eigenvalue weighted by Crippen LogP contribution is -2.32. The van der Waals surface area contributed by atoms with E-state index in [2.05, 4.69) is 52.0 Å². The Hall–Kier alpha value is -3.11. The fraction of sp³-hybridized carbons (Fsp3) is 0.276. The molecule has 178 valence electrons. The van der Waals surface area contributed by atoms with Gasteiger partial charge in [0.05, 0.1) is 4.87 Å². The molecule has 2 aromatic rings. The van der Waals surface area contributed by atoms with Gasteiger partial charge in [-0.25, -0.2) is 4.39 Å². The van der Waals surface area contributed by atoms with Crippen LogP contribution in [0.25, 0.3) is 11.1 Å². The molecule has 0 aliphatic heterocycles. The van der Waals surface area contributed by atoms with Gasteiger partial charge in [-0.2, -0.15) is 0 Å². The highest BCUT2D eigenvalue weighted by atomic mass is 35.5. The first-order valence-electron chi connectivity index (χ1n) is 11.7. The molecular weight excluding hydrogens is 445 g/mol. The summed E-state index contributed by atoms with van der Waals surface area (Å²) in [5.74, 6) is 0.403. The molecule has 0 fully saturated rings. The van der Waals surface area contributed by atoms with E-state index >= 15 is 0 Å². The molecule has 2 aromatic carbocycles. The maximum Gasteiger partial charge on any atom is 0.134 e. The highest BCUT2D eigenvalue weighted by molar-refractivity contribution is 6.26. The van der Waals surface area contributed by atoms with Crippen molar-refractivity contribution in [1.82, 2.24) is 10.6 Å². The number of alkyl halides is 1. The first kappa shape index (κ1) is 25.5. The Morgan fingerprint density at radius 1 is 0.971 bits per heavy atom. The Kier molecular flexibility index (Phi) is 8.51. The molecule has 0 aromatic heterocycles. The molecule has 5 heteroatoms. The molecular formula is C29H33ClFN3. The highest BCUT2D eigenvalue weighted by Gasteiger charge is 2.33. The second-order valence-electron chi connectivity index (χ2n) is 8.14. The number of nitrogens with zero attached hydrogens (tertiary/aromatic N) is 1. The first-order valence-corrected chi connectivity index (χ1v) is 12.1. The standard InChI is InChI=1S/C27H27ClFN3.C2H6/c1-27(28)17-20(14-15-23(27)29)32-26(31-3)25-22(30-2)16-21(18-10-6-4-7-11-18)24(25)19-12-8-5-9-13-19;1-2/h4-15,30H,16-17H2,1-3H3,(H,31,32);1-2H3. The van der Waals surface area contributed by atoms with Gasteiger partial charge in [-0.05, 0) is 41.3 Å². The molecule has 1 unspecified atom stereocenters. The van der Waals surface area contributed by atoms with E-state index in [-0.39, 0.29) is 5.83 Å². The summed E-state index contributed by atoms with van der Waals surface area (Å²) in [6, 6.07) is 20.8. The van der Waals surface area contributed by atoms with E-state index in [0.29, 0.717) is 6.42 Å². The Bertz CT molecular complexity index is 1160. The van der Waals surface area contributed by atoms with Crippen molar-refractivity contribution in [1.29, 1.82) is 0 Å². The van der Waals surface area contributed by atoms with Crippen molar-refractivity contribution in [2.75, 3.05) is 14.1 Å². The molecule has 0 heterocycles. The molecule has 0 amide bonds. The van der Waals surface area contributed by atoms with Gasteiger partial charge in [0, 0.05) is 43.9 Å². The second-order valence-corrected chi connectivity index (χ2v) is 8.98. The van der Waals surface area contributed by atoms with Gasteiger partial charge >= 0.3 is 0 Å². The predicted molar refractivity (Wildman–Crippen MR) is 144 cm³/mol. The number of hydrogen-bond acceptors (Lipinski definition) is 2. The average Bonchev–Trinajstić information content (AvgIpc) is 3.26. The number of nitrogens with one attached hydrogen (secondary N) is 2. The van der Waals surface area contributed by atoms with Crippen molar-refractivity contribution in [2.24, 2.45) is 4.99 Å². The summed E-state index contributed by atoms with van der Waals surface area (Å²) in [6.45, 7) is 5.69. The fourth-order valence-electron chi connectivity index (χ4n) is 4.26. The Morgan fingerprint density at radius 3 is 2.09 bits per heavy atom. The van der Waals surface area contributed by atoms with Crippen LogP contribution in [0.2, 0.25) is 0 Å². The van der Waals surface area contributed by atoms with Crippen LogP contribution in [0.5, 0.6) is 0 Å². The van der Waals surface area contributed by atoms with Crippen molar-refractivity contribution < 1.29 is 4.39 Å². The molecule has 2 aliphatic carbocycles. The first-order chi connectivity index (χ1) is 16.4. The van der Waals surface area contributed by atoms with Crippen LogP contribution in [-0.2, 0) is 0 Å². The van der Waals surface area contributed by atoms with Crippen LogP contribution in [-0.4, -0.2) is 24.8 Å². The van der Waals surface area contributed by atoms with Crippen LogP contribution in [0, 0.1) is 0 Å². The summed E-state index contributed by atoms with van der Waals surface area (Å²) in [5, 5.41) is 6.83. The Morgan fingerprint density at radius 2 is 1.56 bits per heavy atom. The van der Waals surface area contributed by atoms with E-state index in [9.17, 15) is 4.39 Å². The van der Waals surface area contributed by atoms with Crippen molar-refractivity contribution in [3.63, 3.8) is 0 Å². The lowest BCUT2D eigenvalue weighted by Gasteiger charge is -2.27. The van der Waals surface area contributed by atoms with Crippen molar-refractivity contribution >= 4 is 28.6 Å². The van der Waals surface area contributed by atoms with Gasteiger partial charge in [0.1, 0.15) is 11.7 Å². The van der Waals surface area contributed by atoms with E-state index in [1.54, 1.807) is 20.0 Å². The minimum atomic E-state index is -1.06. The molecule has 2 N–H and O–H groups in total. The minimum absolute atomic E-state index is 0.327. The molecule has 3 nitrogen and oxygen atoms in total. The van der Waals surface area contributed by atoms with Crippen molar-refractivity contribution in [3.05, 3.63) is 107 Å². The summed E-state index contributed by atoms with van der Waals surface area (Å²) < 4.78 is 14.1. The maximum absolute atomic E-state index is 14.1. The van der Waals surface area contributed by atoms with Gasteiger partial charge in [-0.1, -0.05) is 74.5 Å². The van der Waals surface area contributed by atoms with Crippen LogP contribution in [0.4, 0.5) is 4.39 Å². The summed E-state index contributed by atoms with van der Waals surface area (Å²) >= 11 is 6.39. The van der Waals surface area contributed by atoms with E-state index in [4.69, 9.17) is 11.6 Å². The lowest BCUT2D eigenvalue weighted by molar-refractivity contribution is 0.503. The van der Waals surface area contributed by atoms with Gasteiger partial charge < -0.3 is 10.6 Å². The van der Waals surface area contributed by atoms with Crippen LogP contribution in [0.3, 0.4) is 0 Å². The number of allylic oxidation sites excluding steroid dienone is 5. The summed E-state index contributed by atoms with van der Waals surface area (Å²) in [5.41, 5.74) is 7.62. The summed E-state index contributed by atoms with van der Waals surface area (Å²) in [6.07, 6.45) is 4.29. The van der Waals surface area contributed by atoms with Gasteiger partial charge in [-0.3, -0.25) is 4.99 Å². The maximum atomic E-state index is 14.1. The predicted octanol–water partition coefficient (Wildman–Crippen LogP) is 7.26. The molecule has 34 heavy (non-hydrogen) atoms. The number of aliphatic imine (C=N–C) groups is 1. The topological polar surface area (TPSA) is 36.4 Å². The van der Waals surface area contributed by atoms with Crippen LogP contribution >= 0.6 is 11.6 Å². The normalized spacial score (nSPS) is 20.4. The molecule has 0 bridgehead atoms. The lowest BCUT2D eigenvalue weighted by atomic mass is 9.92. The van der Waals surface area contributed by atoms with E-state index in [0.717, 1.165) is 40.4 Å². The second kappa shape index (κ2) is 11.3. The molecule has 0 spiro atoms. The molecule has 4 rings (SSSR count). The molecule has 2 aliphatic rings. The minimum Gasteiger partial charge on any atom is -0.391 e. The number of halogens is 2. The molecule has 1 atom stereocenters. The zero-order chi connectivity index (χ0) is 24.7. The van der Waals surface area contributed by atoms with E-state index in [1.165, 1.54) is 17.2 Å². The monoisotopic (exact) mass is 477 g/mol. The number of benzene rings is 2. The number of hydrogen-bond donors (Lipinski definition) is 2. The fourth-order valence-corrected chi connectivity index (χ4v) is 4.46. The third kappa shape index (κ3) is 5.34. The molecule has 0 saturated carbocycles. The smallest absolute Gasteiger partial charge is 0.134 e. The number of rotatable bonds is 5. The average molecular weight is 478 g/mol. The van der Waals surface area contributed by atoms with Crippen LogP contribution < -0.4 is 10.6 Å². The van der Waals surface area contributed by atoms with Crippen molar-refractivity contribution in [3.8, 4) is 0 Å². The largest absolute Gasteiger partial charge is 0.391 e.